The van der Waals surface area contributed by atoms with Crippen LogP contribution < -0.4 is 11.1 Å². The first kappa shape index (κ1) is 13.8. The zero-order valence-corrected chi connectivity index (χ0v) is 11.4. The summed E-state index contributed by atoms with van der Waals surface area (Å²) >= 11 is 0. The Morgan fingerprint density at radius 1 is 1.56 bits per heavy atom. The van der Waals surface area contributed by atoms with Crippen molar-refractivity contribution in [3.8, 4) is 0 Å². The van der Waals surface area contributed by atoms with Gasteiger partial charge in [0.05, 0.1) is 17.2 Å². The average molecular weight is 275 g/mol. The van der Waals surface area contributed by atoms with Gasteiger partial charge in [0.1, 0.15) is 0 Å². The Balaban J connectivity index is 2.24. The molecule has 0 spiro atoms. The molecule has 104 valence electrons. The van der Waals surface area contributed by atoms with Crippen LogP contribution in [0.5, 0.6) is 0 Å². The lowest BCUT2D eigenvalue weighted by molar-refractivity contribution is -0.123. The normalized spacial score (nSPS) is 30.9. The summed E-state index contributed by atoms with van der Waals surface area (Å²) in [6.07, 6.45) is 2.03. The molecule has 2 heterocycles. The van der Waals surface area contributed by atoms with Crippen molar-refractivity contribution in [1.82, 2.24) is 9.62 Å². The number of carbonyl (C=O) groups excluding carboxylic acids is 1. The Morgan fingerprint density at radius 3 is 2.89 bits per heavy atom. The van der Waals surface area contributed by atoms with Gasteiger partial charge in [-0.3, -0.25) is 4.79 Å². The lowest BCUT2D eigenvalue weighted by Crippen LogP contribution is -2.52. The first-order valence-corrected chi connectivity index (χ1v) is 8.01. The third-order valence-electron chi connectivity index (χ3n) is 4.02. The van der Waals surface area contributed by atoms with E-state index in [1.54, 1.807) is 0 Å². The molecule has 18 heavy (non-hydrogen) atoms. The van der Waals surface area contributed by atoms with Crippen LogP contribution in [0.3, 0.4) is 0 Å². The highest BCUT2D eigenvalue weighted by Crippen LogP contribution is 2.30. The maximum absolute atomic E-state index is 12.5. The van der Waals surface area contributed by atoms with Crippen LogP contribution >= 0.6 is 0 Å². The fourth-order valence-corrected chi connectivity index (χ4v) is 4.95. The van der Waals surface area contributed by atoms with Crippen molar-refractivity contribution in [3.63, 3.8) is 0 Å². The van der Waals surface area contributed by atoms with Crippen molar-refractivity contribution < 1.29 is 13.2 Å². The molecule has 0 bridgehead atoms. The number of rotatable bonds is 4. The first-order chi connectivity index (χ1) is 8.52. The van der Waals surface area contributed by atoms with Crippen LogP contribution in [0.1, 0.15) is 26.2 Å². The Labute approximate surface area is 108 Å². The van der Waals surface area contributed by atoms with Crippen LogP contribution in [0, 0.1) is 5.92 Å². The number of piperidine rings is 1. The minimum absolute atomic E-state index is 0.0132. The van der Waals surface area contributed by atoms with Gasteiger partial charge >= 0.3 is 0 Å². The number of nitrogens with two attached hydrogens (primary N) is 1. The molecule has 0 aliphatic carbocycles. The van der Waals surface area contributed by atoms with E-state index in [-0.39, 0.29) is 24.4 Å². The summed E-state index contributed by atoms with van der Waals surface area (Å²) in [5.41, 5.74) is 5.55. The van der Waals surface area contributed by atoms with Gasteiger partial charge in [-0.05, 0) is 19.3 Å². The molecule has 2 rings (SSSR count). The van der Waals surface area contributed by atoms with Gasteiger partial charge in [0.15, 0.2) is 0 Å². The minimum atomic E-state index is -3.39. The maximum Gasteiger partial charge on any atom is 0.224 e. The van der Waals surface area contributed by atoms with Crippen LogP contribution in [0.25, 0.3) is 0 Å². The van der Waals surface area contributed by atoms with E-state index in [4.69, 9.17) is 5.73 Å². The van der Waals surface area contributed by atoms with E-state index in [9.17, 15) is 13.2 Å². The van der Waals surface area contributed by atoms with Crippen molar-refractivity contribution in [1.29, 1.82) is 0 Å². The Morgan fingerprint density at radius 2 is 2.28 bits per heavy atom. The highest BCUT2D eigenvalue weighted by Gasteiger charge is 2.46. The lowest BCUT2D eigenvalue weighted by atomic mass is 9.93. The van der Waals surface area contributed by atoms with E-state index in [0.717, 1.165) is 12.8 Å². The molecule has 2 saturated heterocycles. The predicted octanol–water partition coefficient (Wildman–Crippen LogP) is -0.736. The molecule has 6 nitrogen and oxygen atoms in total. The molecule has 2 aliphatic rings. The number of fused-ring (bicyclic) bond motifs is 1. The van der Waals surface area contributed by atoms with E-state index >= 15 is 0 Å². The van der Waals surface area contributed by atoms with E-state index in [2.05, 4.69) is 5.32 Å². The zero-order valence-electron chi connectivity index (χ0n) is 10.6. The Hall–Kier alpha value is -0.660. The molecule has 3 unspecified atom stereocenters. The number of hydrogen-bond donors (Lipinski definition) is 2. The largest absolute Gasteiger partial charge is 0.354 e. The van der Waals surface area contributed by atoms with Gasteiger partial charge < -0.3 is 11.1 Å². The fourth-order valence-electron chi connectivity index (χ4n) is 2.92. The highest BCUT2D eigenvalue weighted by molar-refractivity contribution is 7.89. The molecule has 0 radical (unpaired) electrons. The summed E-state index contributed by atoms with van der Waals surface area (Å²) in [5, 5.41) is 2.23. The summed E-state index contributed by atoms with van der Waals surface area (Å²) in [6, 6.07) is -0.211. The number of nitrogens with zero attached hydrogens (tertiary/aromatic N) is 1. The van der Waals surface area contributed by atoms with Crippen molar-refractivity contribution in [2.45, 2.75) is 37.5 Å². The molecular formula is C11H21N3O3S. The smallest absolute Gasteiger partial charge is 0.224 e. The molecule has 0 aromatic rings. The van der Waals surface area contributed by atoms with Gasteiger partial charge in [-0.25, -0.2) is 8.42 Å². The molecule has 2 aliphatic heterocycles. The Bertz CT molecular complexity index is 419. The SMILES string of the molecule is CCC(CN)S(=O)(=O)N1CCCC2C(=O)NCC21. The number of carbonyl (C=O) groups is 1. The molecule has 2 fully saturated rings. The molecule has 3 atom stereocenters. The molecule has 3 N–H and O–H groups in total. The second-order valence-corrected chi connectivity index (χ2v) is 7.15. The quantitative estimate of drug-likeness (QED) is 0.707. The van der Waals surface area contributed by atoms with Crippen molar-refractivity contribution in [2.24, 2.45) is 11.7 Å². The van der Waals surface area contributed by atoms with Crippen LogP contribution in [0.4, 0.5) is 0 Å². The third-order valence-corrected chi connectivity index (χ3v) is 6.49. The summed E-state index contributed by atoms with van der Waals surface area (Å²) < 4.78 is 26.5. The summed E-state index contributed by atoms with van der Waals surface area (Å²) in [7, 11) is -3.39. The van der Waals surface area contributed by atoms with Crippen LogP contribution in [0.15, 0.2) is 0 Å². The topological polar surface area (TPSA) is 92.5 Å². The molecular weight excluding hydrogens is 254 g/mol. The maximum atomic E-state index is 12.5. The van der Waals surface area contributed by atoms with E-state index in [1.807, 2.05) is 6.92 Å². The van der Waals surface area contributed by atoms with Crippen LogP contribution in [0.2, 0.25) is 0 Å². The van der Waals surface area contributed by atoms with Gasteiger partial charge in [-0.2, -0.15) is 4.31 Å². The van der Waals surface area contributed by atoms with Gasteiger partial charge in [-0.1, -0.05) is 6.92 Å². The summed E-state index contributed by atoms with van der Waals surface area (Å²) in [6.45, 7) is 2.90. The van der Waals surface area contributed by atoms with Gasteiger partial charge in [0.2, 0.25) is 15.9 Å². The highest BCUT2D eigenvalue weighted by atomic mass is 32.2. The average Bonchev–Trinajstić information content (AvgIpc) is 2.72. The second kappa shape index (κ2) is 5.14. The van der Waals surface area contributed by atoms with Gasteiger partial charge in [0.25, 0.3) is 0 Å². The van der Waals surface area contributed by atoms with Crippen molar-refractivity contribution >= 4 is 15.9 Å². The summed E-state index contributed by atoms with van der Waals surface area (Å²) in [4.78, 5) is 11.6. The Kier molecular flexibility index (Phi) is 3.93. The van der Waals surface area contributed by atoms with E-state index in [1.165, 1.54) is 4.31 Å². The number of amides is 1. The molecule has 0 aromatic carbocycles. The van der Waals surface area contributed by atoms with Gasteiger partial charge in [0, 0.05) is 19.6 Å². The minimum Gasteiger partial charge on any atom is -0.354 e. The number of nitrogens with one attached hydrogen (secondary N) is 1. The lowest BCUT2D eigenvalue weighted by Gasteiger charge is -2.36. The van der Waals surface area contributed by atoms with Gasteiger partial charge in [-0.15, -0.1) is 0 Å². The summed E-state index contributed by atoms with van der Waals surface area (Å²) in [5.74, 6) is -0.190. The standard InChI is InChI=1S/C11H21N3O3S/c1-2-8(6-12)18(16,17)14-5-3-4-9-10(14)7-13-11(9)15/h8-10H,2-7,12H2,1H3,(H,13,15). The molecule has 7 heteroatoms. The van der Waals surface area contributed by atoms with E-state index in [0.29, 0.717) is 19.5 Å². The fraction of sp³-hybridized carbons (Fsp3) is 0.909. The zero-order chi connectivity index (χ0) is 13.3. The molecule has 0 saturated carbocycles. The molecule has 0 aromatic heterocycles. The van der Waals surface area contributed by atoms with Crippen LogP contribution in [-0.4, -0.2) is 49.6 Å². The first-order valence-electron chi connectivity index (χ1n) is 6.50. The second-order valence-electron chi connectivity index (χ2n) is 4.98. The monoisotopic (exact) mass is 275 g/mol. The van der Waals surface area contributed by atoms with Crippen molar-refractivity contribution in [3.05, 3.63) is 0 Å². The van der Waals surface area contributed by atoms with Crippen LogP contribution in [-0.2, 0) is 14.8 Å². The number of hydrogen-bond acceptors (Lipinski definition) is 4. The molecule has 1 amide bonds. The van der Waals surface area contributed by atoms with Crippen molar-refractivity contribution in [2.75, 3.05) is 19.6 Å². The predicted molar refractivity (Wildman–Crippen MR) is 68.3 cm³/mol. The van der Waals surface area contributed by atoms with E-state index < -0.39 is 15.3 Å². The number of sulfonamides is 1. The third kappa shape index (κ3) is 2.15.